The van der Waals surface area contributed by atoms with E-state index in [1.54, 1.807) is 17.0 Å². The van der Waals surface area contributed by atoms with E-state index in [9.17, 15) is 9.59 Å². The number of rotatable bonds is 7. The number of carbonyl (C=O) groups is 2. The van der Waals surface area contributed by atoms with Gasteiger partial charge in [-0.05, 0) is 55.0 Å². The van der Waals surface area contributed by atoms with Gasteiger partial charge in [0.25, 0.3) is 5.22 Å². The first-order chi connectivity index (χ1) is 14.6. The molecule has 2 heterocycles. The molecule has 1 N–H and O–H groups in total. The maximum absolute atomic E-state index is 12.2. The van der Waals surface area contributed by atoms with Gasteiger partial charge in [0.05, 0.1) is 0 Å². The van der Waals surface area contributed by atoms with Gasteiger partial charge in [-0.2, -0.15) is 0 Å². The molecule has 9 heteroatoms. The fraction of sp³-hybridized carbons (Fsp3) is 0.238. The molecule has 3 aromatic rings. The molecule has 2 amide bonds. The Bertz CT molecular complexity index is 1040. The number of anilines is 2. The van der Waals surface area contributed by atoms with E-state index in [-0.39, 0.29) is 11.8 Å². The Morgan fingerprint density at radius 1 is 1.13 bits per heavy atom. The third-order valence-corrected chi connectivity index (χ3v) is 5.66. The molecule has 1 aromatic heterocycles. The Labute approximate surface area is 182 Å². The maximum atomic E-state index is 12.2. The minimum atomic E-state index is -0.107. The summed E-state index contributed by atoms with van der Waals surface area (Å²) >= 11 is 7.21. The number of halogens is 1. The quantitative estimate of drug-likeness (QED) is 0.536. The van der Waals surface area contributed by atoms with E-state index >= 15 is 0 Å². The van der Waals surface area contributed by atoms with Crippen LogP contribution >= 0.6 is 23.4 Å². The van der Waals surface area contributed by atoms with Gasteiger partial charge in [0.1, 0.15) is 0 Å². The highest BCUT2D eigenvalue weighted by molar-refractivity contribution is 7.99. The number of benzene rings is 2. The van der Waals surface area contributed by atoms with Crippen LogP contribution in [0.1, 0.15) is 19.3 Å². The van der Waals surface area contributed by atoms with Crippen molar-refractivity contribution in [1.29, 1.82) is 0 Å². The number of carbonyl (C=O) groups excluding carboxylic acids is 2. The monoisotopic (exact) mass is 442 g/mol. The first-order valence-corrected chi connectivity index (χ1v) is 10.9. The fourth-order valence-corrected chi connectivity index (χ4v) is 3.90. The lowest BCUT2D eigenvalue weighted by Gasteiger charge is -2.16. The van der Waals surface area contributed by atoms with E-state index in [0.717, 1.165) is 24.2 Å². The maximum Gasteiger partial charge on any atom is 0.276 e. The van der Waals surface area contributed by atoms with Gasteiger partial charge in [0, 0.05) is 47.1 Å². The van der Waals surface area contributed by atoms with Crippen LogP contribution in [0.15, 0.2) is 58.2 Å². The van der Waals surface area contributed by atoms with Crippen molar-refractivity contribution in [3.8, 4) is 11.5 Å². The molecule has 0 spiro atoms. The molecule has 154 valence electrons. The number of aromatic nitrogens is 2. The van der Waals surface area contributed by atoms with Crippen molar-refractivity contribution in [3.05, 3.63) is 53.6 Å². The van der Waals surface area contributed by atoms with Crippen molar-refractivity contribution in [2.75, 3.05) is 22.5 Å². The Hall–Kier alpha value is -2.84. The second kappa shape index (κ2) is 9.32. The first kappa shape index (κ1) is 20.4. The highest BCUT2D eigenvalue weighted by Gasteiger charge is 2.21. The van der Waals surface area contributed by atoms with Crippen molar-refractivity contribution in [2.24, 2.45) is 0 Å². The first-order valence-electron chi connectivity index (χ1n) is 9.51. The highest BCUT2D eigenvalue weighted by Crippen LogP contribution is 2.25. The third kappa shape index (κ3) is 5.01. The van der Waals surface area contributed by atoms with Crippen LogP contribution < -0.4 is 10.2 Å². The van der Waals surface area contributed by atoms with Crippen LogP contribution in [0.3, 0.4) is 0 Å². The van der Waals surface area contributed by atoms with E-state index in [2.05, 4.69) is 15.5 Å². The van der Waals surface area contributed by atoms with E-state index in [1.807, 2.05) is 36.4 Å². The molecule has 0 aliphatic carbocycles. The molecule has 0 atom stereocenters. The Morgan fingerprint density at radius 2 is 1.90 bits per heavy atom. The van der Waals surface area contributed by atoms with Crippen LogP contribution in [0.4, 0.5) is 11.4 Å². The van der Waals surface area contributed by atoms with Crippen molar-refractivity contribution >= 4 is 46.6 Å². The molecular weight excluding hydrogens is 424 g/mol. The number of hydrogen-bond donors (Lipinski definition) is 1. The van der Waals surface area contributed by atoms with Gasteiger partial charge in [-0.3, -0.25) is 9.59 Å². The largest absolute Gasteiger partial charge is 0.411 e. The molecule has 1 aliphatic rings. The lowest BCUT2D eigenvalue weighted by Crippen LogP contribution is -2.23. The molecule has 0 unspecified atom stereocenters. The predicted octanol–water partition coefficient (Wildman–Crippen LogP) is 4.64. The predicted molar refractivity (Wildman–Crippen MR) is 117 cm³/mol. The van der Waals surface area contributed by atoms with Gasteiger partial charge in [0.15, 0.2) is 0 Å². The molecule has 30 heavy (non-hydrogen) atoms. The molecule has 4 rings (SSSR count). The molecular formula is C21H19ClN4O3S. The van der Waals surface area contributed by atoms with Crippen molar-refractivity contribution < 1.29 is 14.0 Å². The third-order valence-electron chi connectivity index (χ3n) is 4.59. The molecule has 1 saturated heterocycles. The topological polar surface area (TPSA) is 88.3 Å². The molecule has 0 bridgehead atoms. The summed E-state index contributed by atoms with van der Waals surface area (Å²) in [5.74, 6) is 0.957. The molecule has 0 radical (unpaired) electrons. The molecule has 1 aliphatic heterocycles. The van der Waals surface area contributed by atoms with Crippen LogP contribution in [0.2, 0.25) is 5.02 Å². The summed E-state index contributed by atoms with van der Waals surface area (Å²) in [6.07, 6.45) is 1.78. The summed E-state index contributed by atoms with van der Waals surface area (Å²) in [7, 11) is 0. The van der Waals surface area contributed by atoms with E-state index in [4.69, 9.17) is 16.0 Å². The van der Waals surface area contributed by atoms with Crippen LogP contribution in [-0.2, 0) is 9.59 Å². The number of hydrogen-bond acceptors (Lipinski definition) is 6. The van der Waals surface area contributed by atoms with Crippen LogP contribution in [0.25, 0.3) is 11.5 Å². The van der Waals surface area contributed by atoms with Gasteiger partial charge >= 0.3 is 0 Å². The SMILES string of the molecule is O=C(CCSc1nnc(-c2ccc(Cl)cc2)o1)Nc1ccc(N2CCCC2=O)cc1. The Morgan fingerprint density at radius 3 is 2.60 bits per heavy atom. The van der Waals surface area contributed by atoms with E-state index in [0.29, 0.717) is 40.4 Å². The van der Waals surface area contributed by atoms with Gasteiger partial charge in [-0.1, -0.05) is 23.4 Å². The van der Waals surface area contributed by atoms with Crippen molar-refractivity contribution in [1.82, 2.24) is 10.2 Å². The average Bonchev–Trinajstić information content (AvgIpc) is 3.38. The second-order valence-corrected chi connectivity index (χ2v) is 8.21. The average molecular weight is 443 g/mol. The zero-order valence-electron chi connectivity index (χ0n) is 16.0. The minimum Gasteiger partial charge on any atom is -0.411 e. The molecule has 2 aromatic carbocycles. The minimum absolute atomic E-state index is 0.107. The fourth-order valence-electron chi connectivity index (χ4n) is 3.08. The Kier molecular flexibility index (Phi) is 6.35. The smallest absolute Gasteiger partial charge is 0.276 e. The lowest BCUT2D eigenvalue weighted by atomic mass is 10.2. The van der Waals surface area contributed by atoms with Crippen molar-refractivity contribution in [2.45, 2.75) is 24.5 Å². The number of amides is 2. The molecule has 0 saturated carbocycles. The second-order valence-electron chi connectivity index (χ2n) is 6.72. The van der Waals surface area contributed by atoms with Gasteiger partial charge in [-0.15, -0.1) is 10.2 Å². The molecule has 1 fully saturated rings. The number of nitrogens with zero attached hydrogens (tertiary/aromatic N) is 3. The van der Waals surface area contributed by atoms with Gasteiger partial charge in [0.2, 0.25) is 17.7 Å². The van der Waals surface area contributed by atoms with Gasteiger partial charge < -0.3 is 14.6 Å². The van der Waals surface area contributed by atoms with E-state index < -0.39 is 0 Å². The van der Waals surface area contributed by atoms with E-state index in [1.165, 1.54) is 11.8 Å². The lowest BCUT2D eigenvalue weighted by molar-refractivity contribution is -0.117. The zero-order valence-corrected chi connectivity index (χ0v) is 17.6. The summed E-state index contributed by atoms with van der Waals surface area (Å²) in [6, 6.07) is 14.5. The van der Waals surface area contributed by atoms with Gasteiger partial charge in [-0.25, -0.2) is 0 Å². The number of thioether (sulfide) groups is 1. The van der Waals surface area contributed by atoms with Crippen molar-refractivity contribution in [3.63, 3.8) is 0 Å². The highest BCUT2D eigenvalue weighted by atomic mass is 35.5. The Balaban J connectivity index is 1.24. The summed E-state index contributed by atoms with van der Waals surface area (Å²) in [4.78, 5) is 25.8. The normalized spacial score (nSPS) is 13.6. The summed E-state index contributed by atoms with van der Waals surface area (Å²) in [5.41, 5.74) is 2.35. The summed E-state index contributed by atoms with van der Waals surface area (Å²) in [5, 5.41) is 11.9. The number of nitrogens with one attached hydrogen (secondary N) is 1. The van der Waals surface area contributed by atoms with Crippen LogP contribution in [-0.4, -0.2) is 34.3 Å². The summed E-state index contributed by atoms with van der Waals surface area (Å²) in [6.45, 7) is 0.747. The van der Waals surface area contributed by atoms with Crippen LogP contribution in [0.5, 0.6) is 0 Å². The standard InChI is InChI=1S/C21H19ClN4O3S/c22-15-5-3-14(4-6-15)20-24-25-21(29-20)30-13-11-18(27)23-16-7-9-17(10-8-16)26-12-1-2-19(26)28/h3-10H,1-2,11-13H2,(H,23,27). The molecule has 7 nitrogen and oxygen atoms in total. The zero-order chi connectivity index (χ0) is 20.9. The van der Waals surface area contributed by atoms with Crippen LogP contribution in [0, 0.1) is 0 Å². The summed E-state index contributed by atoms with van der Waals surface area (Å²) < 4.78 is 5.61.